The van der Waals surface area contributed by atoms with Crippen molar-refractivity contribution in [2.75, 3.05) is 0 Å². The first-order valence-corrected chi connectivity index (χ1v) is 7.10. The molecule has 1 aromatic carbocycles. The second-order valence-corrected chi connectivity index (χ2v) is 5.67. The predicted octanol–water partition coefficient (Wildman–Crippen LogP) is 4.94. The van der Waals surface area contributed by atoms with Gasteiger partial charge in [0.1, 0.15) is 0 Å². The average Bonchev–Trinajstić information content (AvgIpc) is 2.34. The van der Waals surface area contributed by atoms with Gasteiger partial charge in [0.25, 0.3) is 0 Å². The third-order valence-electron chi connectivity index (χ3n) is 3.50. The summed E-state index contributed by atoms with van der Waals surface area (Å²) in [7, 11) is 0. The second kappa shape index (κ2) is 5.85. The minimum absolute atomic E-state index is 0.178. The van der Waals surface area contributed by atoms with Crippen molar-refractivity contribution in [2.45, 2.75) is 45.1 Å². The van der Waals surface area contributed by atoms with E-state index >= 15 is 0 Å². The molecular formula is C14H18BrFO. The largest absolute Gasteiger partial charge is 0.487 e. The molecule has 2 unspecified atom stereocenters. The summed E-state index contributed by atoms with van der Waals surface area (Å²) >= 11 is 3.34. The lowest BCUT2D eigenvalue weighted by Crippen LogP contribution is -2.25. The molecule has 0 radical (unpaired) electrons. The summed E-state index contributed by atoms with van der Waals surface area (Å²) < 4.78 is 20.2. The van der Waals surface area contributed by atoms with Crippen LogP contribution in [0.25, 0.3) is 0 Å². The van der Waals surface area contributed by atoms with Crippen molar-refractivity contribution in [1.82, 2.24) is 0 Å². The Kier molecular flexibility index (Phi) is 4.43. The Morgan fingerprint density at radius 1 is 1.41 bits per heavy atom. The minimum atomic E-state index is -0.271. The third-order valence-corrected chi connectivity index (χ3v) is 3.99. The standard InChI is InChI=1S/C14H18BrFO/c1-2-10-4-3-5-12(8-10)17-14-9-11(15)6-7-13(14)16/h6-7,9-10,12H,2-5,8H2,1H3. The van der Waals surface area contributed by atoms with E-state index in [4.69, 9.17) is 4.74 Å². The van der Waals surface area contributed by atoms with Crippen LogP contribution in [-0.4, -0.2) is 6.10 Å². The number of halogens is 2. The minimum Gasteiger partial charge on any atom is -0.487 e. The van der Waals surface area contributed by atoms with Gasteiger partial charge in [0, 0.05) is 4.47 Å². The summed E-state index contributed by atoms with van der Waals surface area (Å²) in [6, 6.07) is 4.85. The van der Waals surface area contributed by atoms with Crippen molar-refractivity contribution in [2.24, 2.45) is 5.92 Å². The molecule has 0 N–H and O–H groups in total. The summed E-state index contributed by atoms with van der Waals surface area (Å²) in [5, 5.41) is 0. The first kappa shape index (κ1) is 12.9. The Bertz CT molecular complexity index is 380. The van der Waals surface area contributed by atoms with Gasteiger partial charge in [-0.15, -0.1) is 0 Å². The van der Waals surface area contributed by atoms with Crippen LogP contribution in [0, 0.1) is 11.7 Å². The van der Waals surface area contributed by atoms with Gasteiger partial charge in [0.15, 0.2) is 11.6 Å². The molecule has 1 aromatic rings. The van der Waals surface area contributed by atoms with Crippen LogP contribution >= 0.6 is 15.9 Å². The van der Waals surface area contributed by atoms with Gasteiger partial charge in [-0.25, -0.2) is 4.39 Å². The van der Waals surface area contributed by atoms with E-state index in [0.717, 1.165) is 23.2 Å². The first-order chi connectivity index (χ1) is 8.19. The number of rotatable bonds is 3. The first-order valence-electron chi connectivity index (χ1n) is 6.30. The second-order valence-electron chi connectivity index (χ2n) is 4.76. The quantitative estimate of drug-likeness (QED) is 0.768. The van der Waals surface area contributed by atoms with Crippen molar-refractivity contribution < 1.29 is 9.13 Å². The monoisotopic (exact) mass is 300 g/mol. The smallest absolute Gasteiger partial charge is 0.165 e. The van der Waals surface area contributed by atoms with Crippen LogP contribution in [-0.2, 0) is 0 Å². The van der Waals surface area contributed by atoms with Crippen molar-refractivity contribution in [3.05, 3.63) is 28.5 Å². The third kappa shape index (κ3) is 3.44. The maximum atomic E-state index is 13.6. The maximum Gasteiger partial charge on any atom is 0.165 e. The molecule has 0 aliphatic heterocycles. The van der Waals surface area contributed by atoms with E-state index in [-0.39, 0.29) is 11.9 Å². The van der Waals surface area contributed by atoms with Crippen molar-refractivity contribution >= 4 is 15.9 Å². The molecule has 1 aliphatic carbocycles. The van der Waals surface area contributed by atoms with E-state index < -0.39 is 0 Å². The predicted molar refractivity (Wildman–Crippen MR) is 70.8 cm³/mol. The molecule has 0 heterocycles. The SMILES string of the molecule is CCC1CCCC(Oc2cc(Br)ccc2F)C1. The molecule has 0 saturated heterocycles. The van der Waals surface area contributed by atoms with Crippen LogP contribution in [0.3, 0.4) is 0 Å². The zero-order valence-corrected chi connectivity index (χ0v) is 11.7. The van der Waals surface area contributed by atoms with E-state index in [2.05, 4.69) is 22.9 Å². The molecule has 2 rings (SSSR count). The van der Waals surface area contributed by atoms with Gasteiger partial charge >= 0.3 is 0 Å². The summed E-state index contributed by atoms with van der Waals surface area (Å²) in [5.74, 6) is 0.844. The highest BCUT2D eigenvalue weighted by atomic mass is 79.9. The van der Waals surface area contributed by atoms with E-state index in [0.29, 0.717) is 5.75 Å². The summed E-state index contributed by atoms with van der Waals surface area (Å²) in [5.41, 5.74) is 0. The molecule has 1 saturated carbocycles. The lowest BCUT2D eigenvalue weighted by Gasteiger charge is -2.29. The van der Waals surface area contributed by atoms with E-state index in [1.165, 1.54) is 25.3 Å². The number of benzene rings is 1. The van der Waals surface area contributed by atoms with Crippen LogP contribution in [0.5, 0.6) is 5.75 Å². The molecule has 0 aromatic heterocycles. The summed E-state index contributed by atoms with van der Waals surface area (Å²) in [6.45, 7) is 2.22. The van der Waals surface area contributed by atoms with Gasteiger partial charge in [-0.3, -0.25) is 0 Å². The van der Waals surface area contributed by atoms with E-state index in [1.807, 2.05) is 0 Å². The molecule has 0 spiro atoms. The zero-order valence-electron chi connectivity index (χ0n) is 10.1. The van der Waals surface area contributed by atoms with Gasteiger partial charge in [0.05, 0.1) is 6.10 Å². The molecule has 0 bridgehead atoms. The Morgan fingerprint density at radius 2 is 2.24 bits per heavy atom. The Balaban J connectivity index is 2.02. The fourth-order valence-corrected chi connectivity index (χ4v) is 2.81. The molecule has 1 aliphatic rings. The molecule has 0 amide bonds. The Hall–Kier alpha value is -0.570. The molecule has 1 fully saturated rings. The van der Waals surface area contributed by atoms with Crippen LogP contribution in [0.4, 0.5) is 4.39 Å². The molecule has 2 atom stereocenters. The average molecular weight is 301 g/mol. The van der Waals surface area contributed by atoms with E-state index in [9.17, 15) is 4.39 Å². The molecular weight excluding hydrogens is 283 g/mol. The van der Waals surface area contributed by atoms with Crippen LogP contribution in [0.2, 0.25) is 0 Å². The van der Waals surface area contributed by atoms with E-state index in [1.54, 1.807) is 12.1 Å². The van der Waals surface area contributed by atoms with Gasteiger partial charge in [0.2, 0.25) is 0 Å². The van der Waals surface area contributed by atoms with Gasteiger partial charge in [-0.2, -0.15) is 0 Å². The fourth-order valence-electron chi connectivity index (χ4n) is 2.47. The highest BCUT2D eigenvalue weighted by molar-refractivity contribution is 9.10. The molecule has 17 heavy (non-hydrogen) atoms. The van der Waals surface area contributed by atoms with Gasteiger partial charge in [-0.05, 0) is 43.4 Å². The number of hydrogen-bond donors (Lipinski definition) is 0. The van der Waals surface area contributed by atoms with Crippen LogP contribution in [0.1, 0.15) is 39.0 Å². The topological polar surface area (TPSA) is 9.23 Å². The molecule has 94 valence electrons. The Labute approximate surface area is 110 Å². The molecule has 1 nitrogen and oxygen atoms in total. The van der Waals surface area contributed by atoms with Gasteiger partial charge in [-0.1, -0.05) is 35.7 Å². The number of hydrogen-bond acceptors (Lipinski definition) is 1. The van der Waals surface area contributed by atoms with Gasteiger partial charge < -0.3 is 4.74 Å². The summed E-state index contributed by atoms with van der Waals surface area (Å²) in [6.07, 6.45) is 5.96. The molecule has 3 heteroatoms. The van der Waals surface area contributed by atoms with Crippen LogP contribution < -0.4 is 4.74 Å². The van der Waals surface area contributed by atoms with Crippen molar-refractivity contribution in [1.29, 1.82) is 0 Å². The van der Waals surface area contributed by atoms with Crippen LogP contribution in [0.15, 0.2) is 22.7 Å². The fraction of sp³-hybridized carbons (Fsp3) is 0.571. The lowest BCUT2D eigenvalue weighted by atomic mass is 9.85. The Morgan fingerprint density at radius 3 is 3.00 bits per heavy atom. The highest BCUT2D eigenvalue weighted by Gasteiger charge is 2.22. The maximum absolute atomic E-state index is 13.6. The zero-order chi connectivity index (χ0) is 12.3. The van der Waals surface area contributed by atoms with Crippen molar-refractivity contribution in [3.8, 4) is 5.75 Å². The highest BCUT2D eigenvalue weighted by Crippen LogP contribution is 2.31. The van der Waals surface area contributed by atoms with Crippen molar-refractivity contribution in [3.63, 3.8) is 0 Å². The normalized spacial score (nSPS) is 24.6. The summed E-state index contributed by atoms with van der Waals surface area (Å²) in [4.78, 5) is 0. The number of ether oxygens (including phenoxy) is 1. The lowest BCUT2D eigenvalue weighted by molar-refractivity contribution is 0.117.